The second-order valence-electron chi connectivity index (χ2n) is 6.31. The molecule has 3 aromatic rings. The normalized spacial score (nSPS) is 12.9. The number of alkyl halides is 6. The Kier molecular flexibility index (Phi) is 6.19. The van der Waals surface area contributed by atoms with Crippen LogP contribution in [0.1, 0.15) is 11.1 Å². The van der Waals surface area contributed by atoms with Gasteiger partial charge in [0.15, 0.2) is 0 Å². The van der Waals surface area contributed by atoms with Gasteiger partial charge in [-0.3, -0.25) is 4.55 Å². The van der Waals surface area contributed by atoms with Crippen molar-refractivity contribution in [3.63, 3.8) is 0 Å². The van der Waals surface area contributed by atoms with Crippen LogP contribution in [0.15, 0.2) is 77.7 Å². The molecule has 0 saturated carbocycles. The second-order valence-corrected chi connectivity index (χ2v) is 9.81. The molecule has 0 aromatic heterocycles. The molecule has 0 fully saturated rings. The fourth-order valence-corrected chi connectivity index (χ4v) is 6.93. The lowest BCUT2D eigenvalue weighted by Gasteiger charge is -2.26. The van der Waals surface area contributed by atoms with Gasteiger partial charge in [-0.2, -0.15) is 34.8 Å². The SMILES string of the molecule is O=S(=O)(O)c1ccccc1P(c1ccccc1C(F)(F)F)c1ccccc1C(F)(F)F. The Morgan fingerprint density at radius 3 is 1.35 bits per heavy atom. The molecule has 0 aliphatic carbocycles. The molecule has 0 atom stereocenters. The summed E-state index contributed by atoms with van der Waals surface area (Å²) >= 11 is 0. The Hall–Kier alpha value is -2.42. The molecule has 3 nitrogen and oxygen atoms in total. The molecule has 0 radical (unpaired) electrons. The average molecular weight is 478 g/mol. The van der Waals surface area contributed by atoms with E-state index >= 15 is 0 Å². The zero-order valence-electron chi connectivity index (χ0n) is 15.3. The van der Waals surface area contributed by atoms with Gasteiger partial charge in [-0.05, 0) is 36.7 Å². The van der Waals surface area contributed by atoms with Gasteiger partial charge in [0.1, 0.15) is 4.90 Å². The Labute approximate surface area is 174 Å². The van der Waals surface area contributed by atoms with E-state index in [9.17, 15) is 39.3 Å². The first kappa shape index (κ1) is 23.2. The molecule has 0 heterocycles. The predicted molar refractivity (Wildman–Crippen MR) is 105 cm³/mol. The van der Waals surface area contributed by atoms with Crippen LogP contribution in [0.4, 0.5) is 26.3 Å². The van der Waals surface area contributed by atoms with Gasteiger partial charge in [0.05, 0.1) is 11.1 Å². The Morgan fingerprint density at radius 2 is 0.968 bits per heavy atom. The lowest BCUT2D eigenvalue weighted by Crippen LogP contribution is -2.32. The average Bonchev–Trinajstić information content (AvgIpc) is 2.67. The van der Waals surface area contributed by atoms with Crippen molar-refractivity contribution in [1.82, 2.24) is 0 Å². The summed E-state index contributed by atoms with van der Waals surface area (Å²) in [5, 5.41) is -1.39. The van der Waals surface area contributed by atoms with Gasteiger partial charge in [-0.1, -0.05) is 54.6 Å². The molecule has 1 N–H and O–H groups in total. The molecule has 3 rings (SSSR count). The highest BCUT2D eigenvalue weighted by molar-refractivity contribution is 7.88. The van der Waals surface area contributed by atoms with Gasteiger partial charge in [-0.15, -0.1) is 0 Å². The third kappa shape index (κ3) is 4.92. The minimum atomic E-state index is -4.94. The van der Waals surface area contributed by atoms with Crippen LogP contribution in [0.3, 0.4) is 0 Å². The Balaban J connectivity index is 2.47. The molecule has 0 bridgehead atoms. The van der Waals surface area contributed by atoms with Crippen LogP contribution in [0.25, 0.3) is 0 Å². The molecule has 0 spiro atoms. The first-order chi connectivity index (χ1) is 14.3. The summed E-state index contributed by atoms with van der Waals surface area (Å²) in [5.41, 5.74) is -2.38. The minimum absolute atomic E-state index is 0.353. The van der Waals surface area contributed by atoms with Crippen molar-refractivity contribution in [1.29, 1.82) is 0 Å². The standard InChI is InChI=1S/C20H13F6O3PS/c21-19(22,23)13-7-1-3-9-15(13)30(16-10-4-2-8-14(16)20(24,25)26)17-11-5-6-12-18(17)31(27,28)29/h1-12H,(H,27,28,29). The lowest BCUT2D eigenvalue weighted by molar-refractivity contribution is -0.137. The monoisotopic (exact) mass is 478 g/mol. The van der Waals surface area contributed by atoms with Gasteiger partial charge in [0.25, 0.3) is 10.1 Å². The fraction of sp³-hybridized carbons (Fsp3) is 0.100. The summed E-state index contributed by atoms with van der Waals surface area (Å²) < 4.78 is 116. The Morgan fingerprint density at radius 1 is 0.613 bits per heavy atom. The van der Waals surface area contributed by atoms with E-state index in [4.69, 9.17) is 0 Å². The van der Waals surface area contributed by atoms with Crippen molar-refractivity contribution >= 4 is 34.0 Å². The van der Waals surface area contributed by atoms with Crippen molar-refractivity contribution < 1.29 is 39.3 Å². The largest absolute Gasteiger partial charge is 0.417 e. The summed E-state index contributed by atoms with van der Waals surface area (Å²) in [6.07, 6.45) is -9.81. The summed E-state index contributed by atoms with van der Waals surface area (Å²) in [7, 11) is -7.62. The van der Waals surface area contributed by atoms with Crippen molar-refractivity contribution in [3.8, 4) is 0 Å². The van der Waals surface area contributed by atoms with E-state index in [-0.39, 0.29) is 5.30 Å². The van der Waals surface area contributed by atoms with E-state index < -0.39 is 57.0 Å². The second kappa shape index (κ2) is 8.26. The maximum Gasteiger partial charge on any atom is 0.417 e. The molecular formula is C20H13F6O3PS. The number of benzene rings is 3. The molecule has 164 valence electrons. The highest BCUT2D eigenvalue weighted by Gasteiger charge is 2.40. The molecule has 31 heavy (non-hydrogen) atoms. The molecule has 0 unspecified atom stereocenters. The quantitative estimate of drug-likeness (QED) is 0.335. The molecule has 11 heteroatoms. The van der Waals surface area contributed by atoms with Crippen LogP contribution >= 0.6 is 7.92 Å². The maximum atomic E-state index is 13.7. The topological polar surface area (TPSA) is 54.4 Å². The number of halogens is 6. The van der Waals surface area contributed by atoms with Crippen LogP contribution in [0.2, 0.25) is 0 Å². The van der Waals surface area contributed by atoms with Gasteiger partial charge >= 0.3 is 12.4 Å². The number of hydrogen-bond donors (Lipinski definition) is 1. The molecule has 3 aromatic carbocycles. The van der Waals surface area contributed by atoms with Crippen LogP contribution in [-0.4, -0.2) is 13.0 Å². The lowest BCUT2D eigenvalue weighted by atomic mass is 10.2. The molecule has 0 amide bonds. The maximum absolute atomic E-state index is 13.7. The molecule has 0 aliphatic heterocycles. The minimum Gasteiger partial charge on any atom is -0.282 e. The van der Waals surface area contributed by atoms with Crippen molar-refractivity contribution in [2.24, 2.45) is 0 Å². The highest BCUT2D eigenvalue weighted by Crippen LogP contribution is 2.43. The summed E-state index contributed by atoms with van der Waals surface area (Å²) in [6, 6.07) is 12.6. The van der Waals surface area contributed by atoms with Crippen molar-refractivity contribution in [2.75, 3.05) is 0 Å². The van der Waals surface area contributed by atoms with Crippen LogP contribution < -0.4 is 15.9 Å². The van der Waals surface area contributed by atoms with Crippen LogP contribution in [0.5, 0.6) is 0 Å². The highest BCUT2D eigenvalue weighted by atomic mass is 32.2. The van der Waals surface area contributed by atoms with E-state index in [1.807, 2.05) is 0 Å². The van der Waals surface area contributed by atoms with Gasteiger partial charge in [0.2, 0.25) is 0 Å². The van der Waals surface area contributed by atoms with Crippen LogP contribution in [-0.2, 0) is 22.5 Å². The fourth-order valence-electron chi connectivity index (χ4n) is 3.07. The van der Waals surface area contributed by atoms with Gasteiger partial charge in [-0.25, -0.2) is 0 Å². The zero-order valence-corrected chi connectivity index (χ0v) is 17.0. The molecular weight excluding hydrogens is 465 g/mol. The zero-order chi connectivity index (χ0) is 23.0. The van der Waals surface area contributed by atoms with Crippen molar-refractivity contribution in [2.45, 2.75) is 17.2 Å². The van der Waals surface area contributed by atoms with E-state index in [1.54, 1.807) is 0 Å². The third-order valence-electron chi connectivity index (χ3n) is 4.28. The summed E-state index contributed by atoms with van der Waals surface area (Å²) in [6.45, 7) is 0. The number of hydrogen-bond acceptors (Lipinski definition) is 2. The first-order valence-corrected chi connectivity index (χ1v) is 11.3. The molecule has 0 saturated heterocycles. The summed E-state index contributed by atoms with van der Waals surface area (Å²) in [4.78, 5) is -0.755. The van der Waals surface area contributed by atoms with Crippen LogP contribution in [0, 0.1) is 0 Å². The van der Waals surface area contributed by atoms with E-state index in [2.05, 4.69) is 0 Å². The predicted octanol–water partition coefficient (Wildman–Crippen LogP) is 4.73. The molecule has 0 aliphatic rings. The van der Waals surface area contributed by atoms with E-state index in [1.165, 1.54) is 24.3 Å². The Bertz CT molecular complexity index is 1150. The van der Waals surface area contributed by atoms with Crippen molar-refractivity contribution in [3.05, 3.63) is 83.9 Å². The van der Waals surface area contributed by atoms with Gasteiger partial charge in [0, 0.05) is 5.30 Å². The third-order valence-corrected chi connectivity index (χ3v) is 7.96. The van der Waals surface area contributed by atoms with E-state index in [0.717, 1.165) is 48.5 Å². The first-order valence-electron chi connectivity index (χ1n) is 8.51. The smallest absolute Gasteiger partial charge is 0.282 e. The van der Waals surface area contributed by atoms with E-state index in [0.29, 0.717) is 0 Å². The summed E-state index contributed by atoms with van der Waals surface area (Å²) in [5.74, 6) is 0. The number of rotatable bonds is 4. The van der Waals surface area contributed by atoms with Gasteiger partial charge < -0.3 is 0 Å².